The minimum atomic E-state index is -3.78. The molecule has 0 aliphatic heterocycles. The van der Waals surface area contributed by atoms with Crippen molar-refractivity contribution in [2.75, 3.05) is 0 Å². The van der Waals surface area contributed by atoms with Crippen molar-refractivity contribution >= 4 is 38.7 Å². The number of sulfonamides is 1. The van der Waals surface area contributed by atoms with E-state index in [9.17, 15) is 13.2 Å². The number of nitrogens with one attached hydrogen (secondary N) is 1. The monoisotopic (exact) mass is 332 g/mol. The summed E-state index contributed by atoms with van der Waals surface area (Å²) in [5.74, 6) is -1.14. The summed E-state index contributed by atoms with van der Waals surface area (Å²) in [5, 5.41) is 11.2. The first-order chi connectivity index (χ1) is 9.22. The zero-order valence-electron chi connectivity index (χ0n) is 10.7. The Morgan fingerprint density at radius 1 is 1.40 bits per heavy atom. The maximum absolute atomic E-state index is 12.3. The summed E-state index contributed by atoms with van der Waals surface area (Å²) >= 11 is 2.07. The summed E-state index contributed by atoms with van der Waals surface area (Å²) in [6, 6.07) is 2.56. The van der Waals surface area contributed by atoms with E-state index in [0.29, 0.717) is 5.01 Å². The van der Waals surface area contributed by atoms with Crippen LogP contribution in [0.15, 0.2) is 27.9 Å². The van der Waals surface area contributed by atoms with E-state index in [1.54, 1.807) is 25.4 Å². The minimum absolute atomic E-state index is 0.0163. The highest BCUT2D eigenvalue weighted by Crippen LogP contribution is 2.27. The van der Waals surface area contributed by atoms with Crippen LogP contribution in [0.4, 0.5) is 0 Å². The number of thiazole rings is 1. The molecular formula is C11H12N2O4S3. The molecule has 2 aromatic heterocycles. The molecule has 2 N–H and O–H groups in total. The normalized spacial score (nSPS) is 12.5. The summed E-state index contributed by atoms with van der Waals surface area (Å²) < 4.78 is 27.0. The Morgan fingerprint density at radius 3 is 2.60 bits per heavy atom. The Labute approximate surface area is 124 Å². The van der Waals surface area contributed by atoms with Gasteiger partial charge in [-0.2, -0.15) is 4.72 Å². The highest BCUT2D eigenvalue weighted by Gasteiger charge is 2.31. The number of aromatic nitrogens is 1. The lowest BCUT2D eigenvalue weighted by Crippen LogP contribution is -2.40. The van der Waals surface area contributed by atoms with E-state index in [1.807, 2.05) is 0 Å². The van der Waals surface area contributed by atoms with E-state index in [-0.39, 0.29) is 9.09 Å². The smallest absolute Gasteiger partial charge is 0.345 e. The number of rotatable bonds is 5. The Kier molecular flexibility index (Phi) is 3.96. The molecule has 6 nitrogen and oxygen atoms in total. The summed E-state index contributed by atoms with van der Waals surface area (Å²) in [7, 11) is -3.78. The van der Waals surface area contributed by atoms with Gasteiger partial charge in [-0.3, -0.25) is 0 Å². The molecule has 20 heavy (non-hydrogen) atoms. The average Bonchev–Trinajstić information content (AvgIpc) is 3.00. The molecule has 0 saturated heterocycles. The number of hydrogen-bond acceptors (Lipinski definition) is 6. The third kappa shape index (κ3) is 3.06. The van der Waals surface area contributed by atoms with E-state index < -0.39 is 21.5 Å². The number of nitrogens with zero attached hydrogens (tertiary/aromatic N) is 1. The SMILES string of the molecule is CC(C)(NS(=O)(=O)c1ccc(C(=O)O)s1)c1nccs1. The molecule has 0 saturated carbocycles. The molecule has 9 heteroatoms. The number of carbonyl (C=O) groups is 1. The van der Waals surface area contributed by atoms with Crippen LogP contribution >= 0.6 is 22.7 Å². The summed E-state index contributed by atoms with van der Waals surface area (Å²) in [6.07, 6.45) is 1.60. The van der Waals surface area contributed by atoms with Gasteiger partial charge in [0.25, 0.3) is 10.0 Å². The van der Waals surface area contributed by atoms with Crippen molar-refractivity contribution in [3.8, 4) is 0 Å². The van der Waals surface area contributed by atoms with Crippen LogP contribution in [-0.4, -0.2) is 24.5 Å². The zero-order chi connectivity index (χ0) is 15.0. The van der Waals surface area contributed by atoms with Gasteiger partial charge in [-0.1, -0.05) is 0 Å². The fourth-order valence-electron chi connectivity index (χ4n) is 1.54. The third-order valence-electron chi connectivity index (χ3n) is 2.41. The molecular weight excluding hydrogens is 320 g/mol. The largest absolute Gasteiger partial charge is 0.477 e. The van der Waals surface area contributed by atoms with Gasteiger partial charge < -0.3 is 5.11 Å². The van der Waals surface area contributed by atoms with Crippen molar-refractivity contribution in [1.82, 2.24) is 9.71 Å². The second kappa shape index (κ2) is 5.24. The molecule has 2 aromatic rings. The topological polar surface area (TPSA) is 96.4 Å². The van der Waals surface area contributed by atoms with Gasteiger partial charge in [0.15, 0.2) is 0 Å². The van der Waals surface area contributed by atoms with Crippen molar-refractivity contribution in [3.05, 3.63) is 33.6 Å². The Morgan fingerprint density at radius 2 is 2.10 bits per heavy atom. The molecule has 2 rings (SSSR count). The summed E-state index contributed by atoms with van der Waals surface area (Å²) in [5.41, 5.74) is -0.861. The Hall–Kier alpha value is -1.29. The van der Waals surface area contributed by atoms with Crippen LogP contribution in [0, 0.1) is 0 Å². The molecule has 0 amide bonds. The quantitative estimate of drug-likeness (QED) is 0.874. The second-order valence-electron chi connectivity index (χ2n) is 4.49. The molecule has 0 spiro atoms. The summed E-state index contributed by atoms with van der Waals surface area (Å²) in [6.45, 7) is 3.41. The van der Waals surface area contributed by atoms with Gasteiger partial charge in [-0.15, -0.1) is 22.7 Å². The van der Waals surface area contributed by atoms with Gasteiger partial charge in [-0.25, -0.2) is 18.2 Å². The molecule has 0 unspecified atom stereocenters. The number of aromatic carboxylic acids is 1. The molecule has 2 heterocycles. The van der Waals surface area contributed by atoms with E-state index in [0.717, 1.165) is 11.3 Å². The molecule has 0 atom stereocenters. The molecule has 108 valence electrons. The predicted octanol–water partition coefficient (Wildman–Crippen LogP) is 2.12. The van der Waals surface area contributed by atoms with Crippen molar-refractivity contribution < 1.29 is 18.3 Å². The van der Waals surface area contributed by atoms with Crippen LogP contribution in [0.2, 0.25) is 0 Å². The van der Waals surface area contributed by atoms with Gasteiger partial charge in [0.2, 0.25) is 0 Å². The highest BCUT2D eigenvalue weighted by molar-refractivity contribution is 7.91. The molecule has 0 aliphatic carbocycles. The van der Waals surface area contributed by atoms with Crippen molar-refractivity contribution in [3.63, 3.8) is 0 Å². The van der Waals surface area contributed by atoms with Crippen LogP contribution < -0.4 is 4.72 Å². The third-order valence-corrected chi connectivity index (χ3v) is 6.73. The molecule has 0 radical (unpaired) electrons. The van der Waals surface area contributed by atoms with Crippen molar-refractivity contribution in [2.24, 2.45) is 0 Å². The van der Waals surface area contributed by atoms with Gasteiger partial charge in [0.05, 0.1) is 5.54 Å². The predicted molar refractivity (Wildman–Crippen MR) is 76.7 cm³/mol. The summed E-state index contributed by atoms with van der Waals surface area (Å²) in [4.78, 5) is 14.9. The van der Waals surface area contributed by atoms with Gasteiger partial charge in [0, 0.05) is 11.6 Å². The maximum atomic E-state index is 12.3. The number of thiophene rings is 1. The molecule has 0 bridgehead atoms. The molecule has 0 fully saturated rings. The van der Waals surface area contributed by atoms with Crippen LogP contribution in [0.5, 0.6) is 0 Å². The number of carboxylic acid groups (broad SMARTS) is 1. The number of carboxylic acids is 1. The first-order valence-corrected chi connectivity index (χ1v) is 8.67. The lowest BCUT2D eigenvalue weighted by atomic mass is 10.1. The Bertz CT molecular complexity index is 717. The maximum Gasteiger partial charge on any atom is 0.345 e. The van der Waals surface area contributed by atoms with Gasteiger partial charge >= 0.3 is 5.97 Å². The van der Waals surface area contributed by atoms with Crippen molar-refractivity contribution in [1.29, 1.82) is 0 Å². The second-order valence-corrected chi connectivity index (χ2v) is 8.38. The highest BCUT2D eigenvalue weighted by atomic mass is 32.2. The molecule has 0 aliphatic rings. The van der Waals surface area contributed by atoms with Crippen LogP contribution in [-0.2, 0) is 15.6 Å². The molecule has 0 aromatic carbocycles. The Balaban J connectivity index is 2.29. The van der Waals surface area contributed by atoms with E-state index >= 15 is 0 Å². The van der Waals surface area contributed by atoms with E-state index in [4.69, 9.17) is 5.11 Å². The lowest BCUT2D eigenvalue weighted by Gasteiger charge is -2.22. The average molecular weight is 332 g/mol. The first-order valence-electron chi connectivity index (χ1n) is 5.49. The van der Waals surface area contributed by atoms with Crippen LogP contribution in [0.3, 0.4) is 0 Å². The van der Waals surface area contributed by atoms with Crippen molar-refractivity contribution in [2.45, 2.75) is 23.6 Å². The fourth-order valence-corrected chi connectivity index (χ4v) is 4.85. The zero-order valence-corrected chi connectivity index (χ0v) is 13.1. The minimum Gasteiger partial charge on any atom is -0.477 e. The number of hydrogen-bond donors (Lipinski definition) is 2. The standard InChI is InChI=1S/C11H12N2O4S3/c1-11(2,10-12-5-6-18-10)13-20(16,17)8-4-3-7(19-8)9(14)15/h3-6,13H,1-2H3,(H,14,15). The van der Waals surface area contributed by atoms with Crippen LogP contribution in [0.25, 0.3) is 0 Å². The fraction of sp³-hybridized carbons (Fsp3) is 0.273. The first kappa shape index (κ1) is 15.1. The van der Waals surface area contributed by atoms with Gasteiger partial charge in [0.1, 0.15) is 14.1 Å². The van der Waals surface area contributed by atoms with Gasteiger partial charge in [-0.05, 0) is 26.0 Å². The van der Waals surface area contributed by atoms with E-state index in [2.05, 4.69) is 9.71 Å². The van der Waals surface area contributed by atoms with E-state index in [1.165, 1.54) is 23.5 Å². The lowest BCUT2D eigenvalue weighted by molar-refractivity contribution is 0.0702. The van der Waals surface area contributed by atoms with Crippen LogP contribution in [0.1, 0.15) is 28.5 Å².